The average molecular weight is 263 g/mol. The first-order chi connectivity index (χ1) is 9.05. The highest BCUT2D eigenvalue weighted by atomic mass is 16.5. The Bertz CT molecular complexity index is 419. The van der Waals surface area contributed by atoms with Gasteiger partial charge in [-0.05, 0) is 50.5 Å². The number of aromatic nitrogens is 1. The van der Waals surface area contributed by atoms with Crippen molar-refractivity contribution in [1.82, 2.24) is 4.98 Å². The summed E-state index contributed by atoms with van der Waals surface area (Å²) in [5.74, 6) is 1.96. The van der Waals surface area contributed by atoms with Crippen LogP contribution in [0.25, 0.3) is 0 Å². The van der Waals surface area contributed by atoms with E-state index in [9.17, 15) is 5.11 Å². The molecular formula is C16H25NO2. The first-order valence-electron chi connectivity index (χ1n) is 7.36. The van der Waals surface area contributed by atoms with Gasteiger partial charge in [0.25, 0.3) is 0 Å². The fourth-order valence-electron chi connectivity index (χ4n) is 3.04. The third kappa shape index (κ3) is 3.27. The molecule has 1 fully saturated rings. The molecule has 1 saturated carbocycles. The fraction of sp³-hybridized carbons (Fsp3) is 0.688. The van der Waals surface area contributed by atoms with E-state index >= 15 is 0 Å². The van der Waals surface area contributed by atoms with E-state index in [0.717, 1.165) is 30.6 Å². The van der Waals surface area contributed by atoms with Gasteiger partial charge in [0.2, 0.25) is 0 Å². The predicted molar refractivity (Wildman–Crippen MR) is 76.1 cm³/mol. The number of rotatable bonds is 4. The van der Waals surface area contributed by atoms with Gasteiger partial charge in [0.05, 0.1) is 18.4 Å². The van der Waals surface area contributed by atoms with Gasteiger partial charge in [0, 0.05) is 11.8 Å². The normalized spacial score (nSPS) is 27.5. The first-order valence-corrected chi connectivity index (χ1v) is 7.36. The molecule has 1 heterocycles. The first kappa shape index (κ1) is 14.3. The topological polar surface area (TPSA) is 42.4 Å². The molecule has 0 amide bonds. The largest absolute Gasteiger partial charge is 0.492 e. The molecule has 0 saturated heterocycles. The molecule has 1 aliphatic carbocycles. The van der Waals surface area contributed by atoms with Crippen LogP contribution in [0.5, 0.6) is 5.75 Å². The Morgan fingerprint density at radius 3 is 2.95 bits per heavy atom. The number of pyridine rings is 1. The molecule has 3 heteroatoms. The van der Waals surface area contributed by atoms with Crippen molar-refractivity contribution in [2.24, 2.45) is 11.8 Å². The van der Waals surface area contributed by atoms with Crippen molar-refractivity contribution in [3.63, 3.8) is 0 Å². The Morgan fingerprint density at radius 1 is 1.47 bits per heavy atom. The molecule has 0 bridgehead atoms. The zero-order valence-electron chi connectivity index (χ0n) is 12.2. The van der Waals surface area contributed by atoms with Crippen LogP contribution in [0, 0.1) is 11.8 Å². The minimum atomic E-state index is -0.729. The van der Waals surface area contributed by atoms with E-state index in [2.05, 4.69) is 18.8 Å². The SMILES string of the molecule is CCOc1cncc(C2(O)CCCC(C(C)C)C2)c1. The molecule has 0 aliphatic heterocycles. The summed E-state index contributed by atoms with van der Waals surface area (Å²) in [5, 5.41) is 11.0. The quantitative estimate of drug-likeness (QED) is 0.904. The summed E-state index contributed by atoms with van der Waals surface area (Å²) in [6, 6.07) is 1.94. The second kappa shape index (κ2) is 5.91. The Balaban J connectivity index is 2.20. The van der Waals surface area contributed by atoms with Crippen LogP contribution in [0.2, 0.25) is 0 Å². The molecule has 0 radical (unpaired) electrons. The van der Waals surface area contributed by atoms with E-state index in [1.54, 1.807) is 12.4 Å². The molecule has 1 aliphatic rings. The van der Waals surface area contributed by atoms with E-state index in [0.29, 0.717) is 18.4 Å². The summed E-state index contributed by atoms with van der Waals surface area (Å²) in [5.41, 5.74) is 0.177. The maximum atomic E-state index is 11.0. The molecule has 0 spiro atoms. The number of hydrogen-bond donors (Lipinski definition) is 1. The number of aliphatic hydroxyl groups is 1. The van der Waals surface area contributed by atoms with Gasteiger partial charge < -0.3 is 9.84 Å². The third-order valence-electron chi connectivity index (χ3n) is 4.27. The second-order valence-corrected chi connectivity index (χ2v) is 5.97. The van der Waals surface area contributed by atoms with Crippen molar-refractivity contribution >= 4 is 0 Å². The molecule has 1 aromatic heterocycles. The van der Waals surface area contributed by atoms with E-state index in [1.165, 1.54) is 6.42 Å². The highest BCUT2D eigenvalue weighted by Gasteiger charge is 2.37. The second-order valence-electron chi connectivity index (χ2n) is 5.97. The Morgan fingerprint density at radius 2 is 2.26 bits per heavy atom. The lowest BCUT2D eigenvalue weighted by Gasteiger charge is -2.38. The van der Waals surface area contributed by atoms with Gasteiger partial charge in [-0.1, -0.05) is 13.8 Å². The summed E-state index contributed by atoms with van der Waals surface area (Å²) in [7, 11) is 0. The van der Waals surface area contributed by atoms with Crippen LogP contribution in [0.4, 0.5) is 0 Å². The summed E-state index contributed by atoms with van der Waals surface area (Å²) in [4.78, 5) is 4.21. The van der Waals surface area contributed by atoms with E-state index < -0.39 is 5.60 Å². The van der Waals surface area contributed by atoms with Gasteiger partial charge >= 0.3 is 0 Å². The summed E-state index contributed by atoms with van der Waals surface area (Å²) < 4.78 is 5.48. The van der Waals surface area contributed by atoms with Crippen molar-refractivity contribution in [3.05, 3.63) is 24.0 Å². The van der Waals surface area contributed by atoms with Crippen LogP contribution in [0.1, 0.15) is 52.0 Å². The molecule has 19 heavy (non-hydrogen) atoms. The van der Waals surface area contributed by atoms with Crippen LogP contribution in [-0.4, -0.2) is 16.7 Å². The maximum absolute atomic E-state index is 11.0. The molecule has 2 unspecified atom stereocenters. The lowest BCUT2D eigenvalue weighted by molar-refractivity contribution is -0.0299. The van der Waals surface area contributed by atoms with Crippen molar-refractivity contribution in [2.45, 2.75) is 52.1 Å². The molecule has 2 atom stereocenters. The summed E-state index contributed by atoms with van der Waals surface area (Å²) >= 11 is 0. The summed E-state index contributed by atoms with van der Waals surface area (Å²) in [6.07, 6.45) is 7.45. The fourth-order valence-corrected chi connectivity index (χ4v) is 3.04. The number of nitrogens with zero attached hydrogens (tertiary/aromatic N) is 1. The molecule has 1 aromatic rings. The van der Waals surface area contributed by atoms with Crippen molar-refractivity contribution in [1.29, 1.82) is 0 Å². The smallest absolute Gasteiger partial charge is 0.137 e. The average Bonchev–Trinajstić information content (AvgIpc) is 2.39. The standard InChI is InChI=1S/C16H25NO2/c1-4-19-15-8-14(10-17-11-15)16(18)7-5-6-13(9-16)12(2)3/h8,10-13,18H,4-7,9H2,1-3H3. The Kier molecular flexibility index (Phi) is 4.46. The molecule has 106 valence electrons. The van der Waals surface area contributed by atoms with Gasteiger partial charge in [-0.25, -0.2) is 0 Å². The van der Waals surface area contributed by atoms with Crippen molar-refractivity contribution in [2.75, 3.05) is 6.61 Å². The zero-order valence-corrected chi connectivity index (χ0v) is 12.2. The minimum Gasteiger partial charge on any atom is -0.492 e. The Labute approximate surface area is 116 Å². The lowest BCUT2D eigenvalue weighted by Crippen LogP contribution is -2.34. The van der Waals surface area contributed by atoms with Crippen LogP contribution in [0.15, 0.2) is 18.5 Å². The van der Waals surface area contributed by atoms with Gasteiger partial charge in [0.15, 0.2) is 0 Å². The van der Waals surface area contributed by atoms with E-state index in [1.807, 2.05) is 13.0 Å². The lowest BCUT2D eigenvalue weighted by atomic mass is 9.71. The molecule has 0 aromatic carbocycles. The molecule has 1 N–H and O–H groups in total. The molecule has 2 rings (SSSR count). The van der Waals surface area contributed by atoms with Crippen molar-refractivity contribution < 1.29 is 9.84 Å². The predicted octanol–water partition coefficient (Wildman–Crippen LogP) is 3.51. The van der Waals surface area contributed by atoms with Crippen LogP contribution in [0.3, 0.4) is 0 Å². The molecular weight excluding hydrogens is 238 g/mol. The van der Waals surface area contributed by atoms with E-state index in [4.69, 9.17) is 4.74 Å². The minimum absolute atomic E-state index is 0.592. The van der Waals surface area contributed by atoms with E-state index in [-0.39, 0.29) is 0 Å². The van der Waals surface area contributed by atoms with Gasteiger partial charge in [0.1, 0.15) is 5.75 Å². The van der Waals surface area contributed by atoms with Crippen LogP contribution < -0.4 is 4.74 Å². The van der Waals surface area contributed by atoms with Crippen molar-refractivity contribution in [3.8, 4) is 5.75 Å². The van der Waals surface area contributed by atoms with Gasteiger partial charge in [-0.15, -0.1) is 0 Å². The Hall–Kier alpha value is -1.09. The highest BCUT2D eigenvalue weighted by Crippen LogP contribution is 2.42. The zero-order chi connectivity index (χ0) is 13.9. The number of ether oxygens (including phenoxy) is 1. The third-order valence-corrected chi connectivity index (χ3v) is 4.27. The van der Waals surface area contributed by atoms with Gasteiger partial charge in [-0.3, -0.25) is 4.98 Å². The monoisotopic (exact) mass is 263 g/mol. The number of hydrogen-bond acceptors (Lipinski definition) is 3. The van der Waals surface area contributed by atoms with Crippen LogP contribution >= 0.6 is 0 Å². The van der Waals surface area contributed by atoms with Crippen LogP contribution in [-0.2, 0) is 5.60 Å². The summed E-state index contributed by atoms with van der Waals surface area (Å²) in [6.45, 7) is 7.06. The molecule has 3 nitrogen and oxygen atoms in total. The van der Waals surface area contributed by atoms with Gasteiger partial charge in [-0.2, -0.15) is 0 Å². The maximum Gasteiger partial charge on any atom is 0.137 e. The highest BCUT2D eigenvalue weighted by molar-refractivity contribution is 5.28.